The molecule has 1 saturated heterocycles. The average molecular weight is 428 g/mol. The van der Waals surface area contributed by atoms with Gasteiger partial charge < -0.3 is 4.90 Å². The second-order valence-electron chi connectivity index (χ2n) is 7.55. The molecular weight excluding hydrogens is 405 g/mol. The van der Waals surface area contributed by atoms with Crippen molar-refractivity contribution in [3.8, 4) is 0 Å². The van der Waals surface area contributed by atoms with Gasteiger partial charge in [-0.1, -0.05) is 65.7 Å². The van der Waals surface area contributed by atoms with Crippen molar-refractivity contribution >= 4 is 28.9 Å². The minimum Gasteiger partial charge on any atom is -0.369 e. The SMILES string of the molecule is O=c1c(Cl)c(N2CCC(Cc3ccccc3)CC2)cnn1Cc1ccc(Cl)cc1. The summed E-state index contributed by atoms with van der Waals surface area (Å²) in [5, 5.41) is 5.27. The van der Waals surface area contributed by atoms with E-state index in [0.29, 0.717) is 17.5 Å². The van der Waals surface area contributed by atoms with Crippen molar-refractivity contribution in [2.24, 2.45) is 5.92 Å². The predicted octanol–water partition coefficient (Wildman–Crippen LogP) is 5.06. The zero-order valence-electron chi connectivity index (χ0n) is 16.1. The van der Waals surface area contributed by atoms with Gasteiger partial charge in [-0.25, -0.2) is 4.68 Å². The molecule has 150 valence electrons. The van der Waals surface area contributed by atoms with Gasteiger partial charge in [-0.2, -0.15) is 5.10 Å². The molecule has 29 heavy (non-hydrogen) atoms. The summed E-state index contributed by atoms with van der Waals surface area (Å²) in [7, 11) is 0. The molecule has 2 heterocycles. The summed E-state index contributed by atoms with van der Waals surface area (Å²) in [6.45, 7) is 2.15. The highest BCUT2D eigenvalue weighted by Gasteiger charge is 2.23. The standard InChI is InChI=1S/C23H23Cl2N3O/c24-20-8-6-19(7-9-20)16-28-23(29)22(25)21(15-26-28)27-12-10-18(11-13-27)14-17-4-2-1-3-5-17/h1-9,15,18H,10-14,16H2. The molecule has 4 nitrogen and oxygen atoms in total. The number of aromatic nitrogens is 2. The van der Waals surface area contributed by atoms with E-state index >= 15 is 0 Å². The molecule has 3 aromatic rings. The Morgan fingerprint density at radius 3 is 2.31 bits per heavy atom. The second-order valence-corrected chi connectivity index (χ2v) is 8.37. The van der Waals surface area contributed by atoms with Gasteiger partial charge in [-0.15, -0.1) is 0 Å². The van der Waals surface area contributed by atoms with E-state index in [0.717, 1.165) is 43.6 Å². The Labute approximate surface area is 180 Å². The third-order valence-electron chi connectivity index (χ3n) is 5.53. The van der Waals surface area contributed by atoms with Crippen molar-refractivity contribution in [3.05, 3.63) is 92.3 Å². The molecule has 0 amide bonds. The van der Waals surface area contributed by atoms with E-state index in [1.807, 2.05) is 12.1 Å². The zero-order chi connectivity index (χ0) is 20.2. The minimum atomic E-state index is -0.259. The van der Waals surface area contributed by atoms with E-state index in [1.54, 1.807) is 18.3 Å². The molecule has 1 aliphatic heterocycles. The van der Waals surface area contributed by atoms with Crippen molar-refractivity contribution in [2.45, 2.75) is 25.8 Å². The van der Waals surface area contributed by atoms with Gasteiger partial charge in [0.1, 0.15) is 5.02 Å². The molecule has 1 fully saturated rings. The number of rotatable bonds is 5. The fourth-order valence-corrected chi connectivity index (χ4v) is 4.27. The normalized spacial score (nSPS) is 14.9. The maximum Gasteiger partial charge on any atom is 0.287 e. The third-order valence-corrected chi connectivity index (χ3v) is 6.14. The van der Waals surface area contributed by atoms with E-state index in [1.165, 1.54) is 10.2 Å². The monoisotopic (exact) mass is 427 g/mol. The number of nitrogens with zero attached hydrogens (tertiary/aromatic N) is 3. The van der Waals surface area contributed by atoms with Crippen LogP contribution in [0, 0.1) is 5.92 Å². The van der Waals surface area contributed by atoms with Crippen molar-refractivity contribution < 1.29 is 0 Å². The molecule has 0 atom stereocenters. The Hall–Kier alpha value is -2.30. The summed E-state index contributed by atoms with van der Waals surface area (Å²) in [5.41, 5.74) is 2.82. The number of benzene rings is 2. The van der Waals surface area contributed by atoms with Gasteiger partial charge >= 0.3 is 0 Å². The lowest BCUT2D eigenvalue weighted by Gasteiger charge is -2.33. The van der Waals surface area contributed by atoms with Gasteiger partial charge in [0.2, 0.25) is 0 Å². The van der Waals surface area contributed by atoms with Crippen LogP contribution in [0.25, 0.3) is 0 Å². The average Bonchev–Trinajstić information content (AvgIpc) is 2.75. The van der Waals surface area contributed by atoms with Gasteiger partial charge in [0.15, 0.2) is 0 Å². The summed E-state index contributed by atoms with van der Waals surface area (Å²) in [4.78, 5) is 14.9. The molecule has 0 saturated carbocycles. The molecule has 0 bridgehead atoms. The molecule has 1 aliphatic rings. The maximum atomic E-state index is 12.7. The first-order valence-corrected chi connectivity index (χ1v) is 10.6. The number of halogens is 2. The predicted molar refractivity (Wildman–Crippen MR) is 119 cm³/mol. The molecule has 1 aromatic heterocycles. The van der Waals surface area contributed by atoms with Gasteiger partial charge in [0.05, 0.1) is 18.4 Å². The Kier molecular flexibility index (Phi) is 6.22. The molecule has 4 rings (SSSR count). The Morgan fingerprint density at radius 1 is 0.931 bits per heavy atom. The smallest absolute Gasteiger partial charge is 0.287 e. The molecule has 0 radical (unpaired) electrons. The highest BCUT2D eigenvalue weighted by Crippen LogP contribution is 2.28. The Morgan fingerprint density at radius 2 is 1.62 bits per heavy atom. The largest absolute Gasteiger partial charge is 0.369 e. The maximum absolute atomic E-state index is 12.7. The second kappa shape index (κ2) is 9.02. The summed E-state index contributed by atoms with van der Waals surface area (Å²) < 4.78 is 1.40. The number of hydrogen-bond acceptors (Lipinski definition) is 3. The quantitative estimate of drug-likeness (QED) is 0.571. The molecule has 6 heteroatoms. The topological polar surface area (TPSA) is 38.1 Å². The molecule has 0 unspecified atom stereocenters. The van der Waals surface area contributed by atoms with Crippen LogP contribution in [0.3, 0.4) is 0 Å². The van der Waals surface area contributed by atoms with Crippen LogP contribution < -0.4 is 10.5 Å². The third kappa shape index (κ3) is 4.82. The Balaban J connectivity index is 1.42. The van der Waals surface area contributed by atoms with E-state index in [9.17, 15) is 4.79 Å². The summed E-state index contributed by atoms with van der Waals surface area (Å²) in [5.74, 6) is 0.658. The number of anilines is 1. The van der Waals surface area contributed by atoms with Gasteiger partial charge in [0.25, 0.3) is 5.56 Å². The first kappa shape index (κ1) is 20.0. The Bertz CT molecular complexity index is 1010. The molecule has 0 N–H and O–H groups in total. The van der Waals surface area contributed by atoms with Crippen molar-refractivity contribution in [3.63, 3.8) is 0 Å². The van der Waals surface area contributed by atoms with Crippen LogP contribution in [0.1, 0.15) is 24.0 Å². The fourth-order valence-electron chi connectivity index (χ4n) is 3.88. The lowest BCUT2D eigenvalue weighted by molar-refractivity contribution is 0.403. The van der Waals surface area contributed by atoms with Crippen LogP contribution in [-0.2, 0) is 13.0 Å². The van der Waals surface area contributed by atoms with Crippen molar-refractivity contribution in [1.29, 1.82) is 0 Å². The fraction of sp³-hybridized carbons (Fsp3) is 0.304. The molecule has 0 spiro atoms. The van der Waals surface area contributed by atoms with E-state index in [2.05, 4.69) is 40.3 Å². The minimum absolute atomic E-state index is 0.246. The lowest BCUT2D eigenvalue weighted by Crippen LogP contribution is -2.36. The van der Waals surface area contributed by atoms with Crippen LogP contribution in [-0.4, -0.2) is 22.9 Å². The number of hydrogen-bond donors (Lipinski definition) is 0. The summed E-state index contributed by atoms with van der Waals surface area (Å²) in [6, 6.07) is 18.0. The molecule has 0 aliphatic carbocycles. The van der Waals surface area contributed by atoms with Crippen LogP contribution in [0.5, 0.6) is 0 Å². The van der Waals surface area contributed by atoms with Gasteiger partial charge in [0, 0.05) is 18.1 Å². The zero-order valence-corrected chi connectivity index (χ0v) is 17.6. The van der Waals surface area contributed by atoms with Crippen molar-refractivity contribution in [2.75, 3.05) is 18.0 Å². The summed E-state index contributed by atoms with van der Waals surface area (Å²) in [6.07, 6.45) is 4.98. The first-order chi connectivity index (χ1) is 14.1. The van der Waals surface area contributed by atoms with Gasteiger partial charge in [-0.05, 0) is 48.4 Å². The first-order valence-electron chi connectivity index (χ1n) is 9.89. The summed E-state index contributed by atoms with van der Waals surface area (Å²) >= 11 is 12.4. The molecule has 2 aromatic carbocycles. The van der Waals surface area contributed by atoms with Crippen molar-refractivity contribution in [1.82, 2.24) is 9.78 Å². The van der Waals surface area contributed by atoms with E-state index < -0.39 is 0 Å². The highest BCUT2D eigenvalue weighted by molar-refractivity contribution is 6.33. The lowest BCUT2D eigenvalue weighted by atomic mass is 9.90. The van der Waals surface area contributed by atoms with Gasteiger partial charge in [-0.3, -0.25) is 4.79 Å². The van der Waals surface area contributed by atoms with Crippen LogP contribution >= 0.6 is 23.2 Å². The van der Waals surface area contributed by atoms with E-state index in [4.69, 9.17) is 23.2 Å². The van der Waals surface area contributed by atoms with Crippen LogP contribution in [0.4, 0.5) is 5.69 Å². The van der Waals surface area contributed by atoms with Crippen LogP contribution in [0.2, 0.25) is 10.0 Å². The number of piperidine rings is 1. The van der Waals surface area contributed by atoms with Crippen LogP contribution in [0.15, 0.2) is 65.6 Å². The van der Waals surface area contributed by atoms with E-state index in [-0.39, 0.29) is 10.6 Å². The highest BCUT2D eigenvalue weighted by atomic mass is 35.5. The molecular formula is C23H23Cl2N3O.